The summed E-state index contributed by atoms with van der Waals surface area (Å²) >= 11 is 1.85. The lowest BCUT2D eigenvalue weighted by molar-refractivity contribution is 0.689. The molecule has 274 valence electrons. The van der Waals surface area contributed by atoms with Gasteiger partial charge in [-0.25, -0.2) is 15.0 Å². The van der Waals surface area contributed by atoms with E-state index in [2.05, 4.69) is 199 Å². The Labute approximate surface area is 344 Å². The van der Waals surface area contributed by atoms with Crippen LogP contribution >= 0.6 is 11.8 Å². The van der Waals surface area contributed by atoms with Crippen molar-refractivity contribution in [3.8, 4) is 39.9 Å². The van der Waals surface area contributed by atoms with Gasteiger partial charge in [-0.05, 0) is 86.3 Å². The van der Waals surface area contributed by atoms with Crippen LogP contribution in [-0.4, -0.2) is 19.5 Å². The van der Waals surface area contributed by atoms with Crippen LogP contribution in [-0.2, 0) is 5.41 Å². The van der Waals surface area contributed by atoms with Gasteiger partial charge in [0, 0.05) is 37.3 Å². The Kier molecular flexibility index (Phi) is 6.84. The van der Waals surface area contributed by atoms with E-state index in [1.807, 2.05) is 11.8 Å². The molecular formula is C54H32N4S. The summed E-state index contributed by atoms with van der Waals surface area (Å²) < 4.78 is 2.49. The molecule has 2 aromatic heterocycles. The lowest BCUT2D eigenvalue weighted by Crippen LogP contribution is -2.37. The quantitative estimate of drug-likeness (QED) is 0.180. The minimum absolute atomic E-state index is 0.608. The van der Waals surface area contributed by atoms with Crippen LogP contribution in [0.5, 0.6) is 0 Å². The summed E-state index contributed by atoms with van der Waals surface area (Å²) in [6, 6.07) is 70.4. The molecule has 4 heterocycles. The first-order valence-corrected chi connectivity index (χ1v) is 20.8. The average Bonchev–Trinajstić information content (AvgIpc) is 3.65. The van der Waals surface area contributed by atoms with Gasteiger partial charge in [0.2, 0.25) is 0 Å². The highest BCUT2D eigenvalue weighted by molar-refractivity contribution is 7.99. The first kappa shape index (κ1) is 32.7. The normalized spacial score (nSPS) is 15.1. The Hall–Kier alpha value is -7.34. The maximum atomic E-state index is 5.31. The number of nitrogens with zero attached hydrogens (tertiary/aromatic N) is 4. The van der Waals surface area contributed by atoms with E-state index in [0.29, 0.717) is 17.5 Å². The molecule has 11 aromatic rings. The van der Waals surface area contributed by atoms with Crippen molar-refractivity contribution in [3.05, 3.63) is 216 Å². The van der Waals surface area contributed by atoms with Crippen molar-refractivity contribution < 1.29 is 0 Å². The van der Waals surface area contributed by atoms with E-state index < -0.39 is 5.41 Å². The van der Waals surface area contributed by atoms with E-state index in [1.165, 1.54) is 70.3 Å². The van der Waals surface area contributed by atoms with Crippen molar-refractivity contribution in [1.29, 1.82) is 0 Å². The SMILES string of the molecule is c1ccc2c(c1)Sc1ccc(-c3nc(-c4ccc5ccccc5c4)nc(-c4ccc5ccccc5c4)n3)cc1C21c2ccccc2-n2c3ccccc3c3cccc1c32. The van der Waals surface area contributed by atoms with E-state index in [-0.39, 0.29) is 0 Å². The fourth-order valence-corrected chi connectivity index (χ4v) is 11.1. The molecule has 0 amide bonds. The van der Waals surface area contributed by atoms with Crippen molar-refractivity contribution in [2.45, 2.75) is 15.2 Å². The van der Waals surface area contributed by atoms with E-state index in [0.717, 1.165) is 27.5 Å². The summed E-state index contributed by atoms with van der Waals surface area (Å²) in [4.78, 5) is 18.3. The van der Waals surface area contributed by atoms with Crippen LogP contribution in [0.15, 0.2) is 204 Å². The third kappa shape index (κ3) is 4.65. The largest absolute Gasteiger partial charge is 0.309 e. The highest BCUT2D eigenvalue weighted by Crippen LogP contribution is 2.60. The third-order valence-electron chi connectivity index (χ3n) is 12.5. The van der Waals surface area contributed by atoms with Crippen LogP contribution in [0.25, 0.3) is 83.2 Å². The lowest BCUT2D eigenvalue weighted by atomic mass is 9.62. The number of hydrogen-bond acceptors (Lipinski definition) is 4. The molecular weight excluding hydrogens is 737 g/mol. The van der Waals surface area contributed by atoms with Crippen LogP contribution in [0, 0.1) is 0 Å². The Morgan fingerprint density at radius 2 is 0.898 bits per heavy atom. The van der Waals surface area contributed by atoms with Crippen molar-refractivity contribution in [1.82, 2.24) is 19.5 Å². The van der Waals surface area contributed by atoms with Crippen LogP contribution < -0.4 is 0 Å². The molecule has 0 saturated heterocycles. The minimum atomic E-state index is -0.608. The fourth-order valence-electron chi connectivity index (χ4n) is 9.88. The zero-order valence-electron chi connectivity index (χ0n) is 31.7. The van der Waals surface area contributed by atoms with Crippen molar-refractivity contribution in [2.75, 3.05) is 0 Å². The van der Waals surface area contributed by atoms with Crippen LogP contribution in [0.3, 0.4) is 0 Å². The number of aromatic nitrogens is 4. The van der Waals surface area contributed by atoms with Gasteiger partial charge in [-0.2, -0.15) is 0 Å². The van der Waals surface area contributed by atoms with Crippen LogP contribution in [0.2, 0.25) is 0 Å². The van der Waals surface area contributed by atoms with Crippen molar-refractivity contribution >= 4 is 55.1 Å². The zero-order valence-corrected chi connectivity index (χ0v) is 32.5. The van der Waals surface area contributed by atoms with E-state index in [4.69, 9.17) is 15.0 Å². The molecule has 2 aliphatic rings. The molecule has 5 heteroatoms. The average molecular weight is 769 g/mol. The van der Waals surface area contributed by atoms with Gasteiger partial charge in [0.25, 0.3) is 0 Å². The molecule has 13 rings (SSSR count). The standard InChI is InChI=1S/C54H32N4S/c1-3-14-35-30-37(26-24-33(35)12-1)51-55-52(38-27-25-34-13-2-4-15-36(34)31-38)57-53(56-51)39-28-29-49-45(32-39)54(43-19-7-10-23-48(43)59-49)42-18-6-9-22-47(42)58-46-21-8-5-16-40(46)41-17-11-20-44(54)50(41)58/h1-32H. The molecule has 1 atom stereocenters. The number of para-hydroxylation sites is 3. The summed E-state index contributed by atoms with van der Waals surface area (Å²) in [5, 5.41) is 7.18. The Balaban J connectivity index is 1.10. The maximum Gasteiger partial charge on any atom is 0.164 e. The molecule has 1 unspecified atom stereocenters. The molecule has 0 aliphatic carbocycles. The van der Waals surface area contributed by atoms with E-state index >= 15 is 0 Å². The molecule has 0 bridgehead atoms. The molecule has 0 N–H and O–H groups in total. The molecule has 0 saturated carbocycles. The third-order valence-corrected chi connectivity index (χ3v) is 13.6. The number of hydrogen-bond donors (Lipinski definition) is 0. The summed E-state index contributed by atoms with van der Waals surface area (Å²) in [5.74, 6) is 1.94. The van der Waals surface area contributed by atoms with Gasteiger partial charge in [-0.3, -0.25) is 0 Å². The first-order chi connectivity index (χ1) is 29.2. The van der Waals surface area contributed by atoms with Crippen LogP contribution in [0.1, 0.15) is 22.3 Å². The molecule has 0 fully saturated rings. The zero-order chi connectivity index (χ0) is 38.7. The van der Waals surface area contributed by atoms with E-state index in [9.17, 15) is 0 Å². The highest BCUT2D eigenvalue weighted by Gasteiger charge is 2.49. The molecule has 9 aromatic carbocycles. The number of fused-ring (bicyclic) bond motifs is 13. The fraction of sp³-hybridized carbons (Fsp3) is 0.0185. The van der Waals surface area contributed by atoms with Crippen molar-refractivity contribution in [2.24, 2.45) is 0 Å². The topological polar surface area (TPSA) is 43.6 Å². The molecule has 1 spiro atoms. The second-order valence-electron chi connectivity index (χ2n) is 15.6. The smallest absolute Gasteiger partial charge is 0.164 e. The Morgan fingerprint density at radius 1 is 0.373 bits per heavy atom. The number of rotatable bonds is 3. The monoisotopic (exact) mass is 768 g/mol. The summed E-state index contributed by atoms with van der Waals surface area (Å²) in [5.41, 5.74) is 11.0. The highest BCUT2D eigenvalue weighted by atomic mass is 32.2. The second kappa shape index (κ2) is 12.3. The predicted octanol–water partition coefficient (Wildman–Crippen LogP) is 13.4. The minimum Gasteiger partial charge on any atom is -0.309 e. The molecule has 59 heavy (non-hydrogen) atoms. The molecule has 2 aliphatic heterocycles. The summed E-state index contributed by atoms with van der Waals surface area (Å²) in [6.07, 6.45) is 0. The summed E-state index contributed by atoms with van der Waals surface area (Å²) in [7, 11) is 0. The van der Waals surface area contributed by atoms with Crippen molar-refractivity contribution in [3.63, 3.8) is 0 Å². The molecule has 0 radical (unpaired) electrons. The molecule has 4 nitrogen and oxygen atoms in total. The predicted molar refractivity (Wildman–Crippen MR) is 241 cm³/mol. The van der Waals surface area contributed by atoms with Gasteiger partial charge < -0.3 is 4.57 Å². The summed E-state index contributed by atoms with van der Waals surface area (Å²) in [6.45, 7) is 0. The Bertz CT molecular complexity index is 3470. The Morgan fingerprint density at radius 3 is 1.63 bits per heavy atom. The van der Waals surface area contributed by atoms with Gasteiger partial charge in [0.15, 0.2) is 17.5 Å². The first-order valence-electron chi connectivity index (χ1n) is 20.0. The van der Waals surface area contributed by atoms with Gasteiger partial charge >= 0.3 is 0 Å². The van der Waals surface area contributed by atoms with Gasteiger partial charge in [-0.1, -0.05) is 163 Å². The van der Waals surface area contributed by atoms with Gasteiger partial charge in [0.05, 0.1) is 22.1 Å². The van der Waals surface area contributed by atoms with E-state index in [1.54, 1.807) is 0 Å². The van der Waals surface area contributed by atoms with Gasteiger partial charge in [-0.15, -0.1) is 0 Å². The second-order valence-corrected chi connectivity index (χ2v) is 16.6. The maximum absolute atomic E-state index is 5.31. The number of benzene rings is 9. The van der Waals surface area contributed by atoms with Gasteiger partial charge in [0.1, 0.15) is 0 Å². The lowest BCUT2D eigenvalue weighted by Gasteiger charge is -2.45. The van der Waals surface area contributed by atoms with Crippen LogP contribution in [0.4, 0.5) is 0 Å².